The molecule has 0 amide bonds. The molecule has 1 unspecified atom stereocenters. The number of aliphatic carboxylic acids is 1. The summed E-state index contributed by atoms with van der Waals surface area (Å²) in [5.41, 5.74) is 0. The van der Waals surface area contributed by atoms with Gasteiger partial charge in [-0.15, -0.1) is 0 Å². The summed E-state index contributed by atoms with van der Waals surface area (Å²) in [4.78, 5) is 22.7. The highest BCUT2D eigenvalue weighted by atomic mass is 16.6. The number of ether oxygens (including phenoxy) is 1. The molecule has 1 saturated heterocycles. The number of esters is 1. The van der Waals surface area contributed by atoms with Gasteiger partial charge in [-0.1, -0.05) is 0 Å². The van der Waals surface area contributed by atoms with E-state index in [9.17, 15) is 9.59 Å². The number of piperidine rings is 1. The van der Waals surface area contributed by atoms with Crippen molar-refractivity contribution in [2.24, 2.45) is 0 Å². The van der Waals surface area contributed by atoms with Gasteiger partial charge in [0.1, 0.15) is 0 Å². The first-order valence-electron chi connectivity index (χ1n) is 4.25. The summed E-state index contributed by atoms with van der Waals surface area (Å²) in [5, 5.41) is 8.31. The molecular weight excluding hydrogens is 174 g/mol. The van der Waals surface area contributed by atoms with Gasteiger partial charge < -0.3 is 9.84 Å². The molecule has 5 nitrogen and oxygen atoms in total. The highest BCUT2D eigenvalue weighted by Gasteiger charge is 2.25. The molecule has 1 atom stereocenters. The summed E-state index contributed by atoms with van der Waals surface area (Å²) in [5.74, 6) is -2.70. The Morgan fingerprint density at radius 3 is 2.69 bits per heavy atom. The molecule has 5 heteroatoms. The lowest BCUT2D eigenvalue weighted by atomic mass is 10.1. The molecule has 0 bridgehead atoms. The molecule has 1 aliphatic heterocycles. The summed E-state index contributed by atoms with van der Waals surface area (Å²) < 4.78 is 4.75. The van der Waals surface area contributed by atoms with Gasteiger partial charge in [0.2, 0.25) is 0 Å². The molecule has 1 rings (SSSR count). The van der Waals surface area contributed by atoms with Crippen LogP contribution >= 0.6 is 0 Å². The van der Waals surface area contributed by atoms with Crippen molar-refractivity contribution in [1.29, 1.82) is 0 Å². The molecule has 1 aliphatic rings. The average molecular weight is 187 g/mol. The van der Waals surface area contributed by atoms with Crippen LogP contribution in [-0.4, -0.2) is 41.8 Å². The van der Waals surface area contributed by atoms with E-state index >= 15 is 0 Å². The maximum Gasteiger partial charge on any atom is 0.418 e. The largest absolute Gasteiger partial charge is 0.473 e. The number of carboxylic acids is 1. The fraction of sp³-hybridized carbons (Fsp3) is 0.750. The lowest BCUT2D eigenvalue weighted by Gasteiger charge is -2.30. The summed E-state index contributed by atoms with van der Waals surface area (Å²) in [6.45, 7) is 0.845. The van der Waals surface area contributed by atoms with E-state index in [4.69, 9.17) is 9.84 Å². The van der Waals surface area contributed by atoms with Crippen LogP contribution in [0.3, 0.4) is 0 Å². The second-order valence-electron chi connectivity index (χ2n) is 3.14. The predicted molar refractivity (Wildman–Crippen MR) is 44.0 cm³/mol. The van der Waals surface area contributed by atoms with E-state index in [1.807, 2.05) is 11.9 Å². The van der Waals surface area contributed by atoms with Crippen LogP contribution in [0.4, 0.5) is 0 Å². The maximum absolute atomic E-state index is 10.7. The smallest absolute Gasteiger partial charge is 0.418 e. The second-order valence-corrected chi connectivity index (χ2v) is 3.14. The molecule has 0 aromatic rings. The van der Waals surface area contributed by atoms with Crippen molar-refractivity contribution in [2.45, 2.75) is 25.5 Å². The number of carbonyl (C=O) groups is 2. The number of likely N-dealkylation sites (tertiary alicyclic amines) is 1. The summed E-state index contributed by atoms with van der Waals surface area (Å²) in [6.07, 6.45) is 2.40. The standard InChI is InChI=1S/C8H13NO4/c1-9-5-3-2-4-6(9)13-8(12)7(10)11/h6H,2-5H2,1H3,(H,10,11). The van der Waals surface area contributed by atoms with Crippen molar-refractivity contribution in [3.05, 3.63) is 0 Å². The SMILES string of the molecule is CN1CCCCC1OC(=O)C(=O)O. The Kier molecular flexibility index (Phi) is 3.25. The molecule has 1 N–H and O–H groups in total. The number of hydrogen-bond donors (Lipinski definition) is 1. The number of hydrogen-bond acceptors (Lipinski definition) is 4. The minimum atomic E-state index is -1.53. The van der Waals surface area contributed by atoms with Crippen LogP contribution in [0.15, 0.2) is 0 Å². The first-order valence-corrected chi connectivity index (χ1v) is 4.25. The van der Waals surface area contributed by atoms with Gasteiger partial charge in [0.15, 0.2) is 6.23 Å². The van der Waals surface area contributed by atoms with Crippen molar-refractivity contribution >= 4 is 11.9 Å². The summed E-state index contributed by atoms with van der Waals surface area (Å²) >= 11 is 0. The summed E-state index contributed by atoms with van der Waals surface area (Å²) in [6, 6.07) is 0. The molecule has 0 aromatic heterocycles. The van der Waals surface area contributed by atoms with Crippen molar-refractivity contribution in [2.75, 3.05) is 13.6 Å². The Labute approximate surface area is 76.3 Å². The van der Waals surface area contributed by atoms with Gasteiger partial charge in [0.05, 0.1) is 0 Å². The van der Waals surface area contributed by atoms with E-state index < -0.39 is 11.9 Å². The molecule has 74 valence electrons. The topological polar surface area (TPSA) is 66.8 Å². The quantitative estimate of drug-likeness (QED) is 0.464. The van der Waals surface area contributed by atoms with Crippen LogP contribution in [0.5, 0.6) is 0 Å². The van der Waals surface area contributed by atoms with Crippen molar-refractivity contribution in [1.82, 2.24) is 4.90 Å². The highest BCUT2D eigenvalue weighted by Crippen LogP contribution is 2.15. The van der Waals surface area contributed by atoms with Crippen LogP contribution in [0.2, 0.25) is 0 Å². The minimum absolute atomic E-state index is 0.364. The van der Waals surface area contributed by atoms with Gasteiger partial charge in [0, 0.05) is 6.54 Å². The molecule has 0 radical (unpaired) electrons. The van der Waals surface area contributed by atoms with E-state index in [0.717, 1.165) is 25.8 Å². The van der Waals surface area contributed by atoms with Gasteiger partial charge in [-0.3, -0.25) is 4.90 Å². The lowest BCUT2D eigenvalue weighted by Crippen LogP contribution is -2.40. The minimum Gasteiger partial charge on any atom is -0.473 e. The zero-order valence-corrected chi connectivity index (χ0v) is 7.52. The predicted octanol–water partition coefficient (Wildman–Crippen LogP) is 0.0560. The lowest BCUT2D eigenvalue weighted by molar-refractivity contribution is -0.175. The summed E-state index contributed by atoms with van der Waals surface area (Å²) in [7, 11) is 1.82. The molecule has 0 aliphatic carbocycles. The third-order valence-electron chi connectivity index (χ3n) is 2.12. The Morgan fingerprint density at radius 2 is 2.15 bits per heavy atom. The zero-order valence-electron chi connectivity index (χ0n) is 7.52. The maximum atomic E-state index is 10.7. The molecular formula is C8H13NO4. The van der Waals surface area contributed by atoms with E-state index in [1.165, 1.54) is 0 Å². The monoisotopic (exact) mass is 187 g/mol. The van der Waals surface area contributed by atoms with E-state index in [1.54, 1.807) is 0 Å². The van der Waals surface area contributed by atoms with Gasteiger partial charge in [0.25, 0.3) is 0 Å². The second kappa shape index (κ2) is 4.23. The highest BCUT2D eigenvalue weighted by molar-refractivity contribution is 6.28. The van der Waals surface area contributed by atoms with E-state index in [-0.39, 0.29) is 6.23 Å². The molecule has 1 fully saturated rings. The first-order chi connectivity index (χ1) is 6.11. The van der Waals surface area contributed by atoms with Crippen LogP contribution in [0, 0.1) is 0 Å². The van der Waals surface area contributed by atoms with Gasteiger partial charge in [-0.25, -0.2) is 9.59 Å². The third-order valence-corrected chi connectivity index (χ3v) is 2.12. The molecule has 0 aromatic carbocycles. The number of nitrogens with zero attached hydrogens (tertiary/aromatic N) is 1. The van der Waals surface area contributed by atoms with Crippen LogP contribution in [-0.2, 0) is 14.3 Å². The fourth-order valence-electron chi connectivity index (χ4n) is 1.37. The molecule has 0 spiro atoms. The number of rotatable bonds is 1. The Bertz CT molecular complexity index is 216. The Hall–Kier alpha value is -1.10. The fourth-order valence-corrected chi connectivity index (χ4v) is 1.37. The average Bonchev–Trinajstić information content (AvgIpc) is 2.08. The van der Waals surface area contributed by atoms with E-state index in [0.29, 0.717) is 0 Å². The van der Waals surface area contributed by atoms with Crippen LogP contribution in [0.1, 0.15) is 19.3 Å². The Morgan fingerprint density at radius 1 is 1.46 bits per heavy atom. The molecule has 13 heavy (non-hydrogen) atoms. The van der Waals surface area contributed by atoms with Gasteiger partial charge in [-0.2, -0.15) is 0 Å². The van der Waals surface area contributed by atoms with Crippen molar-refractivity contribution < 1.29 is 19.4 Å². The molecule has 1 heterocycles. The van der Waals surface area contributed by atoms with Crippen molar-refractivity contribution in [3.8, 4) is 0 Å². The van der Waals surface area contributed by atoms with Gasteiger partial charge in [-0.05, 0) is 26.3 Å². The van der Waals surface area contributed by atoms with Crippen molar-refractivity contribution in [3.63, 3.8) is 0 Å². The Balaban J connectivity index is 2.42. The molecule has 0 saturated carbocycles. The number of carboxylic acid groups (broad SMARTS) is 1. The normalized spacial score (nSPS) is 23.9. The third kappa shape index (κ3) is 2.69. The first kappa shape index (κ1) is 9.98. The van der Waals surface area contributed by atoms with E-state index in [2.05, 4.69) is 0 Å². The van der Waals surface area contributed by atoms with Gasteiger partial charge >= 0.3 is 11.9 Å². The zero-order chi connectivity index (χ0) is 9.84. The number of carbonyl (C=O) groups excluding carboxylic acids is 1. The van der Waals surface area contributed by atoms with Crippen LogP contribution in [0.25, 0.3) is 0 Å². The van der Waals surface area contributed by atoms with Crippen LogP contribution < -0.4 is 0 Å².